The summed E-state index contributed by atoms with van der Waals surface area (Å²) >= 11 is 0. The Morgan fingerprint density at radius 1 is 1.08 bits per heavy atom. The quantitative estimate of drug-likeness (QED) is 0.750. The maximum atomic E-state index is 13.8. The Morgan fingerprint density at radius 2 is 1.85 bits per heavy atom. The van der Waals surface area contributed by atoms with Crippen LogP contribution in [0.5, 0.6) is 0 Å². The van der Waals surface area contributed by atoms with Gasteiger partial charge < -0.3 is 10.3 Å². The lowest BCUT2D eigenvalue weighted by Crippen LogP contribution is -2.39. The van der Waals surface area contributed by atoms with Crippen molar-refractivity contribution in [2.75, 3.05) is 5.32 Å². The maximum absolute atomic E-state index is 13.8. The maximum Gasteiger partial charge on any atom is 0.328 e. The molecular formula is C18H13F2N3O3. The first-order valence-corrected chi connectivity index (χ1v) is 7.58. The largest absolute Gasteiger partial charge is 0.328 e. The average Bonchev–Trinajstić information content (AvgIpc) is 2.60. The number of rotatable bonds is 4. The molecule has 8 heteroatoms. The number of aromatic amines is 1. The van der Waals surface area contributed by atoms with Crippen LogP contribution in [0, 0.1) is 11.6 Å². The number of benzene rings is 2. The number of amides is 1. The lowest BCUT2D eigenvalue weighted by molar-refractivity contribution is 0.102. The third-order valence-electron chi connectivity index (χ3n) is 3.67. The summed E-state index contributed by atoms with van der Waals surface area (Å²) in [4.78, 5) is 39.0. The minimum absolute atomic E-state index is 0.128. The number of H-pyrrole nitrogens is 1. The number of carbonyl (C=O) groups is 1. The Labute approximate surface area is 145 Å². The highest BCUT2D eigenvalue weighted by Gasteiger charge is 2.16. The molecule has 2 aromatic carbocycles. The highest BCUT2D eigenvalue weighted by molar-refractivity contribution is 6.03. The molecule has 1 heterocycles. The zero-order valence-corrected chi connectivity index (χ0v) is 13.3. The molecule has 0 saturated heterocycles. The Kier molecular flexibility index (Phi) is 4.74. The third kappa shape index (κ3) is 3.59. The number of nitrogens with zero attached hydrogens (tertiary/aromatic N) is 1. The summed E-state index contributed by atoms with van der Waals surface area (Å²) < 4.78 is 27.7. The van der Waals surface area contributed by atoms with Crippen LogP contribution in [0.3, 0.4) is 0 Å². The van der Waals surface area contributed by atoms with Crippen LogP contribution in [0.4, 0.5) is 14.5 Å². The molecule has 0 bridgehead atoms. The fraction of sp³-hybridized carbons (Fsp3) is 0.0556. The molecule has 0 radical (unpaired) electrons. The van der Waals surface area contributed by atoms with Gasteiger partial charge in [-0.3, -0.25) is 14.2 Å². The molecule has 0 atom stereocenters. The topological polar surface area (TPSA) is 84.0 Å². The Balaban J connectivity index is 1.94. The molecule has 3 aromatic rings. The molecule has 0 aliphatic carbocycles. The van der Waals surface area contributed by atoms with Crippen molar-refractivity contribution < 1.29 is 13.6 Å². The van der Waals surface area contributed by atoms with Crippen molar-refractivity contribution >= 4 is 11.6 Å². The summed E-state index contributed by atoms with van der Waals surface area (Å²) in [5.41, 5.74) is -1.74. The first-order valence-electron chi connectivity index (χ1n) is 7.58. The van der Waals surface area contributed by atoms with Crippen LogP contribution in [-0.4, -0.2) is 15.5 Å². The van der Waals surface area contributed by atoms with Gasteiger partial charge in [-0.2, -0.15) is 0 Å². The van der Waals surface area contributed by atoms with E-state index in [2.05, 4.69) is 10.3 Å². The second-order valence-electron chi connectivity index (χ2n) is 5.45. The van der Waals surface area contributed by atoms with Crippen LogP contribution in [0.15, 0.2) is 64.3 Å². The van der Waals surface area contributed by atoms with Gasteiger partial charge >= 0.3 is 5.69 Å². The van der Waals surface area contributed by atoms with E-state index < -0.39 is 28.8 Å². The molecule has 3 rings (SSSR count). The molecule has 0 saturated carbocycles. The summed E-state index contributed by atoms with van der Waals surface area (Å²) in [5.74, 6) is -1.95. The Hall–Kier alpha value is -3.55. The van der Waals surface area contributed by atoms with E-state index in [4.69, 9.17) is 0 Å². The highest BCUT2D eigenvalue weighted by atomic mass is 19.1. The van der Waals surface area contributed by atoms with Crippen molar-refractivity contribution in [3.05, 3.63) is 98.3 Å². The number of carbonyl (C=O) groups excluding carboxylic acids is 1. The molecule has 132 valence electrons. The number of hydrogen-bond acceptors (Lipinski definition) is 3. The van der Waals surface area contributed by atoms with E-state index in [-0.39, 0.29) is 23.4 Å². The third-order valence-corrected chi connectivity index (χ3v) is 3.67. The minimum Gasteiger partial charge on any atom is -0.322 e. The summed E-state index contributed by atoms with van der Waals surface area (Å²) in [7, 11) is 0. The van der Waals surface area contributed by atoms with E-state index in [0.29, 0.717) is 0 Å². The molecule has 0 spiro atoms. The lowest BCUT2D eigenvalue weighted by atomic mass is 10.2. The minimum atomic E-state index is -0.883. The Morgan fingerprint density at radius 3 is 2.58 bits per heavy atom. The predicted octanol–water partition coefficient (Wildman–Crippen LogP) is 2.12. The predicted molar refractivity (Wildman–Crippen MR) is 91.2 cm³/mol. The number of halogens is 2. The molecule has 0 aliphatic rings. The van der Waals surface area contributed by atoms with E-state index in [9.17, 15) is 23.2 Å². The van der Waals surface area contributed by atoms with Gasteiger partial charge in [0.25, 0.3) is 11.5 Å². The molecule has 1 amide bonds. The van der Waals surface area contributed by atoms with E-state index in [1.807, 2.05) is 0 Å². The highest BCUT2D eigenvalue weighted by Crippen LogP contribution is 2.10. The SMILES string of the molecule is O=C(Nc1cccc(F)c1)c1c[nH]c(=O)n(Cc2ccccc2F)c1=O. The van der Waals surface area contributed by atoms with E-state index >= 15 is 0 Å². The van der Waals surface area contributed by atoms with Gasteiger partial charge in [-0.05, 0) is 24.3 Å². The van der Waals surface area contributed by atoms with Crippen molar-refractivity contribution in [1.82, 2.24) is 9.55 Å². The second-order valence-corrected chi connectivity index (χ2v) is 5.45. The fourth-order valence-corrected chi connectivity index (χ4v) is 2.38. The molecule has 0 fully saturated rings. The van der Waals surface area contributed by atoms with Gasteiger partial charge in [0.05, 0.1) is 6.54 Å². The smallest absolute Gasteiger partial charge is 0.322 e. The van der Waals surface area contributed by atoms with Crippen molar-refractivity contribution in [3.63, 3.8) is 0 Å². The molecule has 1 aromatic heterocycles. The van der Waals surface area contributed by atoms with Gasteiger partial charge in [-0.1, -0.05) is 24.3 Å². The van der Waals surface area contributed by atoms with Crippen molar-refractivity contribution in [2.24, 2.45) is 0 Å². The second kappa shape index (κ2) is 7.14. The molecule has 6 nitrogen and oxygen atoms in total. The van der Waals surface area contributed by atoms with Crippen LogP contribution in [0.25, 0.3) is 0 Å². The first-order chi connectivity index (χ1) is 12.5. The van der Waals surface area contributed by atoms with Gasteiger partial charge in [0.15, 0.2) is 0 Å². The summed E-state index contributed by atoms with van der Waals surface area (Å²) in [6.07, 6.45) is 0.969. The number of hydrogen-bond donors (Lipinski definition) is 2. The number of nitrogens with one attached hydrogen (secondary N) is 2. The lowest BCUT2D eigenvalue weighted by Gasteiger charge is -2.09. The van der Waals surface area contributed by atoms with Crippen LogP contribution in [-0.2, 0) is 6.54 Å². The van der Waals surface area contributed by atoms with E-state index in [0.717, 1.165) is 16.8 Å². The van der Waals surface area contributed by atoms with Crippen molar-refractivity contribution in [2.45, 2.75) is 6.54 Å². The standard InChI is InChI=1S/C18H13F2N3O3/c19-12-5-3-6-13(8-12)22-16(24)14-9-21-18(26)23(17(14)25)10-11-4-1-2-7-15(11)20/h1-9H,10H2,(H,21,26)(H,22,24). The van der Waals surface area contributed by atoms with Gasteiger partial charge in [0.1, 0.15) is 17.2 Å². The number of aromatic nitrogens is 2. The van der Waals surface area contributed by atoms with Crippen LogP contribution >= 0.6 is 0 Å². The fourth-order valence-electron chi connectivity index (χ4n) is 2.38. The van der Waals surface area contributed by atoms with E-state index in [1.54, 1.807) is 6.07 Å². The van der Waals surface area contributed by atoms with E-state index in [1.165, 1.54) is 36.4 Å². The van der Waals surface area contributed by atoms with Crippen molar-refractivity contribution in [1.29, 1.82) is 0 Å². The molecular weight excluding hydrogens is 344 g/mol. The Bertz CT molecular complexity index is 1090. The first kappa shape index (κ1) is 17.3. The summed E-state index contributed by atoms with van der Waals surface area (Å²) in [6.45, 7) is -0.331. The monoisotopic (exact) mass is 357 g/mol. The van der Waals surface area contributed by atoms with Gasteiger partial charge in [0.2, 0.25) is 0 Å². The van der Waals surface area contributed by atoms with Crippen LogP contribution < -0.4 is 16.6 Å². The van der Waals surface area contributed by atoms with Crippen LogP contribution in [0.1, 0.15) is 15.9 Å². The zero-order chi connectivity index (χ0) is 18.7. The molecule has 0 aliphatic heterocycles. The number of anilines is 1. The normalized spacial score (nSPS) is 10.5. The van der Waals surface area contributed by atoms with Crippen molar-refractivity contribution in [3.8, 4) is 0 Å². The van der Waals surface area contributed by atoms with Gasteiger partial charge in [0, 0.05) is 17.4 Å². The van der Waals surface area contributed by atoms with Gasteiger partial charge in [-0.15, -0.1) is 0 Å². The molecule has 0 unspecified atom stereocenters. The molecule has 2 N–H and O–H groups in total. The summed E-state index contributed by atoms with van der Waals surface area (Å²) in [5, 5.41) is 2.37. The van der Waals surface area contributed by atoms with Crippen LogP contribution in [0.2, 0.25) is 0 Å². The molecule has 26 heavy (non-hydrogen) atoms. The van der Waals surface area contributed by atoms with Gasteiger partial charge in [-0.25, -0.2) is 13.6 Å². The zero-order valence-electron chi connectivity index (χ0n) is 13.3. The average molecular weight is 357 g/mol. The summed E-state index contributed by atoms with van der Waals surface area (Å²) in [6, 6.07) is 10.8.